The van der Waals surface area contributed by atoms with Crippen LogP contribution in [0.15, 0.2) is 36.4 Å². The first-order valence-electron chi connectivity index (χ1n) is 6.94. The zero-order chi connectivity index (χ0) is 18.0. The number of nitro groups is 2. The van der Waals surface area contributed by atoms with E-state index in [1.165, 1.54) is 42.5 Å². The zero-order valence-electron chi connectivity index (χ0n) is 12.5. The van der Waals surface area contributed by atoms with Gasteiger partial charge in [0.2, 0.25) is 6.79 Å². The Bertz CT molecular complexity index is 944. The van der Waals surface area contributed by atoms with E-state index in [4.69, 9.17) is 9.47 Å². The second-order valence-electron chi connectivity index (χ2n) is 5.00. The molecule has 124 valence electrons. The molecule has 0 unspecified atom stereocenters. The van der Waals surface area contributed by atoms with Gasteiger partial charge in [0, 0.05) is 12.1 Å². The number of nitrogens with zero attached hydrogens (tertiary/aromatic N) is 3. The van der Waals surface area contributed by atoms with Gasteiger partial charge in [0.1, 0.15) is 0 Å². The van der Waals surface area contributed by atoms with E-state index in [-0.39, 0.29) is 35.1 Å². The van der Waals surface area contributed by atoms with Crippen molar-refractivity contribution in [3.63, 3.8) is 0 Å². The smallest absolute Gasteiger partial charge is 0.280 e. The molecule has 25 heavy (non-hydrogen) atoms. The summed E-state index contributed by atoms with van der Waals surface area (Å²) in [6.07, 6.45) is 1.33. The topological polar surface area (TPSA) is 129 Å². The van der Waals surface area contributed by atoms with Crippen molar-refractivity contribution in [2.45, 2.75) is 0 Å². The first kappa shape index (κ1) is 15.9. The molecule has 1 aliphatic rings. The van der Waals surface area contributed by atoms with Crippen LogP contribution in [-0.4, -0.2) is 16.6 Å². The Morgan fingerprint density at radius 1 is 1.08 bits per heavy atom. The Morgan fingerprint density at radius 2 is 1.72 bits per heavy atom. The number of allylic oxidation sites excluding steroid dienone is 1. The predicted molar refractivity (Wildman–Crippen MR) is 85.8 cm³/mol. The van der Waals surface area contributed by atoms with Gasteiger partial charge in [-0.25, -0.2) is 0 Å². The van der Waals surface area contributed by atoms with Crippen molar-refractivity contribution in [2.75, 3.05) is 6.79 Å². The molecule has 2 aromatic rings. The maximum Gasteiger partial charge on any atom is 0.280 e. The van der Waals surface area contributed by atoms with E-state index in [2.05, 4.69) is 0 Å². The molecule has 0 spiro atoms. The lowest BCUT2D eigenvalue weighted by Gasteiger charge is -2.03. The van der Waals surface area contributed by atoms with E-state index in [1.807, 2.05) is 6.07 Å². The standard InChI is InChI=1S/C16H9N3O6/c17-8-12(10-1-3-13(4-2-10)18(20)21)5-11-6-15-16(25-9-24-15)7-14(11)19(22)23/h1-7H,9H2. The van der Waals surface area contributed by atoms with Gasteiger partial charge in [0.15, 0.2) is 11.5 Å². The quantitative estimate of drug-likeness (QED) is 0.361. The third kappa shape index (κ3) is 3.09. The number of benzene rings is 2. The third-order valence-corrected chi connectivity index (χ3v) is 3.53. The average Bonchev–Trinajstić information content (AvgIpc) is 3.06. The van der Waals surface area contributed by atoms with E-state index >= 15 is 0 Å². The molecule has 0 fully saturated rings. The first-order valence-corrected chi connectivity index (χ1v) is 6.94. The zero-order valence-corrected chi connectivity index (χ0v) is 12.5. The molecule has 3 rings (SSSR count). The Hall–Kier alpha value is -3.93. The van der Waals surface area contributed by atoms with Gasteiger partial charge in [-0.1, -0.05) is 0 Å². The first-order chi connectivity index (χ1) is 12.0. The molecule has 0 saturated heterocycles. The van der Waals surface area contributed by atoms with Crippen LogP contribution in [0.25, 0.3) is 11.6 Å². The largest absolute Gasteiger partial charge is 0.454 e. The summed E-state index contributed by atoms with van der Waals surface area (Å²) in [6.45, 7) is -0.0346. The number of fused-ring (bicyclic) bond motifs is 1. The highest BCUT2D eigenvalue weighted by atomic mass is 16.7. The second kappa shape index (κ2) is 6.29. The van der Waals surface area contributed by atoms with E-state index in [0.717, 1.165) is 0 Å². The van der Waals surface area contributed by atoms with Crippen LogP contribution in [0.2, 0.25) is 0 Å². The number of nitro benzene ring substituents is 2. The van der Waals surface area contributed by atoms with Gasteiger partial charge < -0.3 is 9.47 Å². The van der Waals surface area contributed by atoms with Crippen LogP contribution in [0.3, 0.4) is 0 Å². The number of non-ortho nitro benzene ring substituents is 1. The molecule has 1 aliphatic heterocycles. The number of hydrogen-bond acceptors (Lipinski definition) is 7. The van der Waals surface area contributed by atoms with Crippen molar-refractivity contribution < 1.29 is 19.3 Å². The lowest BCUT2D eigenvalue weighted by molar-refractivity contribution is -0.385. The van der Waals surface area contributed by atoms with E-state index in [9.17, 15) is 25.5 Å². The van der Waals surface area contributed by atoms with Crippen LogP contribution in [0.5, 0.6) is 11.5 Å². The highest BCUT2D eigenvalue weighted by molar-refractivity contribution is 5.91. The Kier molecular flexibility index (Phi) is 4.01. The fraction of sp³-hybridized carbons (Fsp3) is 0.0625. The molecule has 0 radical (unpaired) electrons. The number of nitriles is 1. The van der Waals surface area contributed by atoms with Gasteiger partial charge >= 0.3 is 0 Å². The molecule has 0 aromatic heterocycles. The fourth-order valence-electron chi connectivity index (χ4n) is 2.32. The minimum atomic E-state index is -0.585. The van der Waals surface area contributed by atoms with Crippen LogP contribution in [-0.2, 0) is 0 Å². The Balaban J connectivity index is 2.07. The van der Waals surface area contributed by atoms with Crippen molar-refractivity contribution in [2.24, 2.45) is 0 Å². The summed E-state index contributed by atoms with van der Waals surface area (Å²) in [4.78, 5) is 20.8. The summed E-state index contributed by atoms with van der Waals surface area (Å²) in [6, 6.07) is 9.94. The minimum Gasteiger partial charge on any atom is -0.454 e. The van der Waals surface area contributed by atoms with Gasteiger partial charge in [-0.3, -0.25) is 20.2 Å². The average molecular weight is 339 g/mol. The summed E-state index contributed by atoms with van der Waals surface area (Å²) in [5.74, 6) is 0.607. The van der Waals surface area contributed by atoms with Gasteiger partial charge in [-0.15, -0.1) is 0 Å². The lowest BCUT2D eigenvalue weighted by Crippen LogP contribution is -1.93. The molecular weight excluding hydrogens is 330 g/mol. The second-order valence-corrected chi connectivity index (χ2v) is 5.00. The number of hydrogen-bond donors (Lipinski definition) is 0. The molecule has 0 saturated carbocycles. The van der Waals surface area contributed by atoms with Crippen molar-refractivity contribution in [3.05, 3.63) is 67.8 Å². The summed E-state index contributed by atoms with van der Waals surface area (Å²) < 4.78 is 10.3. The predicted octanol–water partition coefficient (Wildman–Crippen LogP) is 3.30. The monoisotopic (exact) mass is 339 g/mol. The van der Waals surface area contributed by atoms with Gasteiger partial charge in [-0.05, 0) is 29.8 Å². The van der Waals surface area contributed by atoms with Crippen LogP contribution in [0.1, 0.15) is 11.1 Å². The number of rotatable bonds is 4. The van der Waals surface area contributed by atoms with E-state index in [1.54, 1.807) is 0 Å². The van der Waals surface area contributed by atoms with Crippen LogP contribution < -0.4 is 9.47 Å². The third-order valence-electron chi connectivity index (χ3n) is 3.53. The fourth-order valence-corrected chi connectivity index (χ4v) is 2.32. The molecule has 0 atom stereocenters. The molecule has 0 amide bonds. The summed E-state index contributed by atoms with van der Waals surface area (Å²) in [5.41, 5.74) is 0.343. The molecule has 0 bridgehead atoms. The highest BCUT2D eigenvalue weighted by Gasteiger charge is 2.23. The van der Waals surface area contributed by atoms with Crippen molar-refractivity contribution in [1.29, 1.82) is 5.26 Å². The Morgan fingerprint density at radius 3 is 2.28 bits per heavy atom. The Labute approximate surface area is 140 Å². The van der Waals surface area contributed by atoms with E-state index < -0.39 is 9.85 Å². The summed E-state index contributed by atoms with van der Waals surface area (Å²) in [7, 11) is 0. The lowest BCUT2D eigenvalue weighted by atomic mass is 10.0. The molecule has 2 aromatic carbocycles. The minimum absolute atomic E-state index is 0.0346. The van der Waals surface area contributed by atoms with Crippen LogP contribution in [0, 0.1) is 31.6 Å². The molecule has 1 heterocycles. The molecule has 9 heteroatoms. The van der Waals surface area contributed by atoms with Gasteiger partial charge in [0.25, 0.3) is 11.4 Å². The van der Waals surface area contributed by atoms with Gasteiger partial charge in [-0.2, -0.15) is 5.26 Å². The van der Waals surface area contributed by atoms with Gasteiger partial charge in [0.05, 0.1) is 33.1 Å². The highest BCUT2D eigenvalue weighted by Crippen LogP contribution is 2.39. The van der Waals surface area contributed by atoms with Crippen molar-refractivity contribution >= 4 is 23.0 Å². The SMILES string of the molecule is N#CC(=Cc1cc2c(cc1[N+](=O)[O-])OCO2)c1ccc([N+](=O)[O-])cc1. The van der Waals surface area contributed by atoms with E-state index in [0.29, 0.717) is 11.3 Å². The normalized spacial score (nSPS) is 12.5. The van der Waals surface area contributed by atoms with Crippen LogP contribution >= 0.6 is 0 Å². The molecule has 0 N–H and O–H groups in total. The maximum absolute atomic E-state index is 11.3. The van der Waals surface area contributed by atoms with Crippen molar-refractivity contribution in [3.8, 4) is 17.6 Å². The molecule has 9 nitrogen and oxygen atoms in total. The van der Waals surface area contributed by atoms with Crippen molar-refractivity contribution in [1.82, 2.24) is 0 Å². The summed E-state index contributed by atoms with van der Waals surface area (Å²) >= 11 is 0. The van der Waals surface area contributed by atoms with Crippen LogP contribution in [0.4, 0.5) is 11.4 Å². The molecular formula is C16H9N3O6. The number of ether oxygens (including phenoxy) is 2. The molecule has 0 aliphatic carbocycles. The maximum atomic E-state index is 11.3. The summed E-state index contributed by atoms with van der Waals surface area (Å²) in [5, 5.41) is 31.3.